The van der Waals surface area contributed by atoms with Crippen molar-refractivity contribution in [2.24, 2.45) is 0 Å². The smallest absolute Gasteiger partial charge is 0.143 e. The number of nitrogens with one attached hydrogen (secondary N) is 1. The summed E-state index contributed by atoms with van der Waals surface area (Å²) in [6.07, 6.45) is 5.91. The maximum Gasteiger partial charge on any atom is 0.143 e. The average molecular weight is 211 g/mol. The molecule has 0 fully saturated rings. The van der Waals surface area contributed by atoms with Gasteiger partial charge in [-0.3, -0.25) is 5.10 Å². The molecular weight excluding hydrogens is 204 g/mol. The summed E-state index contributed by atoms with van der Waals surface area (Å²) in [6.45, 7) is 0. The van der Waals surface area contributed by atoms with Crippen molar-refractivity contribution in [2.75, 3.05) is 0 Å². The van der Waals surface area contributed by atoms with Crippen LogP contribution < -0.4 is 0 Å². The largest absolute Gasteiger partial charge is 0.257 e. The molecule has 6 nitrogen and oxygen atoms in total. The predicted molar refractivity (Wildman–Crippen MR) is 55.6 cm³/mol. The molecule has 3 aromatic rings. The highest BCUT2D eigenvalue weighted by Crippen LogP contribution is 2.22. The van der Waals surface area contributed by atoms with Gasteiger partial charge in [0, 0.05) is 5.56 Å². The van der Waals surface area contributed by atoms with Crippen LogP contribution in [0.15, 0.2) is 36.9 Å². The quantitative estimate of drug-likeness (QED) is 0.682. The van der Waals surface area contributed by atoms with E-state index in [9.17, 15) is 0 Å². The van der Waals surface area contributed by atoms with Crippen molar-refractivity contribution in [2.45, 2.75) is 0 Å². The lowest BCUT2D eigenvalue weighted by molar-refractivity contribution is 0.879. The van der Waals surface area contributed by atoms with Crippen LogP contribution in [-0.2, 0) is 0 Å². The summed E-state index contributed by atoms with van der Waals surface area (Å²) in [5, 5.41) is 14.2. The summed E-state index contributed by atoms with van der Waals surface area (Å²) in [7, 11) is 0. The minimum atomic E-state index is 0.728. The van der Waals surface area contributed by atoms with Crippen LogP contribution in [0.25, 0.3) is 16.9 Å². The summed E-state index contributed by atoms with van der Waals surface area (Å²) in [5.74, 6) is 0. The predicted octanol–water partition coefficient (Wildman–Crippen LogP) is 0.853. The van der Waals surface area contributed by atoms with E-state index in [-0.39, 0.29) is 0 Å². The minimum Gasteiger partial charge on any atom is -0.257 e. The molecule has 2 heterocycles. The molecule has 0 aliphatic carbocycles. The highest BCUT2D eigenvalue weighted by Gasteiger charge is 2.08. The Morgan fingerprint density at radius 1 is 1.25 bits per heavy atom. The standard InChI is InChI=1S/C10H7N6/c1-2-4-10(16-7-11-6-13-16)8(3-1)9-5-12-15-14-9/h1-4,6-7H,(H,12,14,15). The first-order chi connectivity index (χ1) is 7.95. The van der Waals surface area contributed by atoms with Crippen molar-refractivity contribution in [3.05, 3.63) is 43.1 Å². The molecule has 0 saturated carbocycles. The van der Waals surface area contributed by atoms with Crippen molar-refractivity contribution in [3.8, 4) is 16.9 Å². The number of aromatic nitrogens is 6. The zero-order chi connectivity index (χ0) is 10.8. The van der Waals surface area contributed by atoms with Gasteiger partial charge in [0.2, 0.25) is 0 Å². The fourth-order valence-electron chi connectivity index (χ4n) is 1.51. The number of hydrogen-bond acceptors (Lipinski definition) is 4. The number of rotatable bonds is 2. The van der Waals surface area contributed by atoms with Crippen molar-refractivity contribution in [3.63, 3.8) is 0 Å². The van der Waals surface area contributed by atoms with E-state index in [4.69, 9.17) is 0 Å². The topological polar surface area (TPSA) is 72.3 Å². The molecule has 0 aliphatic heterocycles. The summed E-state index contributed by atoms with van der Waals surface area (Å²) >= 11 is 0. The zero-order valence-electron chi connectivity index (χ0n) is 8.20. The highest BCUT2D eigenvalue weighted by molar-refractivity contribution is 5.68. The third-order valence-corrected chi connectivity index (χ3v) is 2.21. The Labute approximate surface area is 91.0 Å². The zero-order valence-corrected chi connectivity index (χ0v) is 8.20. The molecule has 77 valence electrons. The molecular formula is C10H7N6. The molecule has 0 atom stereocenters. The van der Waals surface area contributed by atoms with Crippen LogP contribution in [0.2, 0.25) is 0 Å². The van der Waals surface area contributed by atoms with E-state index in [0.717, 1.165) is 16.9 Å². The van der Waals surface area contributed by atoms with Gasteiger partial charge in [-0.1, -0.05) is 23.4 Å². The molecule has 2 aromatic heterocycles. The summed E-state index contributed by atoms with van der Waals surface area (Å²) in [6, 6.07) is 7.76. The molecule has 0 saturated heterocycles. The van der Waals surface area contributed by atoms with Gasteiger partial charge >= 0.3 is 0 Å². The van der Waals surface area contributed by atoms with Gasteiger partial charge in [0.15, 0.2) is 0 Å². The second-order valence-electron chi connectivity index (χ2n) is 3.16. The molecule has 0 spiro atoms. The van der Waals surface area contributed by atoms with Gasteiger partial charge in [0.05, 0.1) is 11.4 Å². The number of H-pyrrole nitrogens is 1. The SMILES string of the molecule is [c]1nn[nH]c1-c1ccccc1-n1cncn1. The molecule has 0 aliphatic rings. The molecule has 1 aromatic carbocycles. The second-order valence-corrected chi connectivity index (χ2v) is 3.16. The number of hydrogen-bond donors (Lipinski definition) is 1. The monoisotopic (exact) mass is 211 g/mol. The number of para-hydroxylation sites is 1. The summed E-state index contributed by atoms with van der Waals surface area (Å²) in [5.41, 5.74) is 2.56. The fraction of sp³-hybridized carbons (Fsp3) is 0. The van der Waals surface area contributed by atoms with E-state index in [0.29, 0.717) is 0 Å². The van der Waals surface area contributed by atoms with E-state index < -0.39 is 0 Å². The first kappa shape index (κ1) is 8.78. The van der Waals surface area contributed by atoms with Gasteiger partial charge in [-0.2, -0.15) is 5.10 Å². The maximum atomic E-state index is 4.09. The molecule has 3 rings (SSSR count). The molecule has 0 unspecified atom stereocenters. The van der Waals surface area contributed by atoms with Crippen molar-refractivity contribution in [1.82, 2.24) is 30.2 Å². The van der Waals surface area contributed by atoms with E-state index in [1.54, 1.807) is 11.0 Å². The summed E-state index contributed by atoms with van der Waals surface area (Å²) in [4.78, 5) is 3.92. The lowest BCUT2D eigenvalue weighted by Crippen LogP contribution is -1.97. The van der Waals surface area contributed by atoms with Crippen LogP contribution in [0.5, 0.6) is 0 Å². The van der Waals surface area contributed by atoms with Crippen molar-refractivity contribution >= 4 is 0 Å². The van der Waals surface area contributed by atoms with E-state index in [1.807, 2.05) is 24.3 Å². The van der Waals surface area contributed by atoms with Crippen molar-refractivity contribution in [1.29, 1.82) is 0 Å². The van der Waals surface area contributed by atoms with Crippen molar-refractivity contribution < 1.29 is 0 Å². The minimum absolute atomic E-state index is 0.728. The molecule has 6 heteroatoms. The highest BCUT2D eigenvalue weighted by atomic mass is 15.3. The Kier molecular flexibility index (Phi) is 1.96. The average Bonchev–Trinajstić information content (AvgIpc) is 3.03. The summed E-state index contributed by atoms with van der Waals surface area (Å²) < 4.78 is 1.68. The van der Waals surface area contributed by atoms with Gasteiger partial charge in [-0.25, -0.2) is 9.67 Å². The van der Waals surface area contributed by atoms with Gasteiger partial charge in [0.1, 0.15) is 18.9 Å². The molecule has 16 heavy (non-hydrogen) atoms. The normalized spacial score (nSPS) is 10.5. The first-order valence-corrected chi connectivity index (χ1v) is 4.68. The van der Waals surface area contributed by atoms with Crippen LogP contribution in [0.1, 0.15) is 0 Å². The lowest BCUT2D eigenvalue weighted by atomic mass is 10.1. The lowest BCUT2D eigenvalue weighted by Gasteiger charge is -2.05. The Hall–Kier alpha value is -2.50. The molecule has 0 bridgehead atoms. The van der Waals surface area contributed by atoms with Crippen LogP contribution in [0.3, 0.4) is 0 Å². The Morgan fingerprint density at radius 2 is 2.19 bits per heavy atom. The van der Waals surface area contributed by atoms with Crippen LogP contribution in [0, 0.1) is 6.20 Å². The van der Waals surface area contributed by atoms with E-state index in [1.165, 1.54) is 6.33 Å². The maximum absolute atomic E-state index is 4.09. The Balaban J connectivity index is 2.19. The Bertz CT molecular complexity index is 516. The van der Waals surface area contributed by atoms with Crippen LogP contribution >= 0.6 is 0 Å². The van der Waals surface area contributed by atoms with Crippen LogP contribution in [-0.4, -0.2) is 30.2 Å². The first-order valence-electron chi connectivity index (χ1n) is 4.68. The van der Waals surface area contributed by atoms with Gasteiger partial charge in [0.25, 0.3) is 0 Å². The van der Waals surface area contributed by atoms with E-state index >= 15 is 0 Å². The van der Waals surface area contributed by atoms with Gasteiger partial charge < -0.3 is 0 Å². The number of aromatic amines is 1. The van der Waals surface area contributed by atoms with Gasteiger partial charge in [-0.05, 0) is 6.07 Å². The third kappa shape index (κ3) is 1.36. The molecule has 1 radical (unpaired) electrons. The van der Waals surface area contributed by atoms with Crippen LogP contribution in [0.4, 0.5) is 0 Å². The number of nitrogens with zero attached hydrogens (tertiary/aromatic N) is 5. The molecule has 0 amide bonds. The number of benzene rings is 1. The van der Waals surface area contributed by atoms with Gasteiger partial charge in [-0.15, -0.1) is 5.10 Å². The van der Waals surface area contributed by atoms with E-state index in [2.05, 4.69) is 31.7 Å². The second kappa shape index (κ2) is 3.58. The third-order valence-electron chi connectivity index (χ3n) is 2.21. The fourth-order valence-corrected chi connectivity index (χ4v) is 1.51. The Morgan fingerprint density at radius 3 is 2.94 bits per heavy atom. The molecule has 1 N–H and O–H groups in total.